The lowest BCUT2D eigenvalue weighted by molar-refractivity contribution is 0.0461. The molecule has 0 aliphatic carbocycles. The molecule has 17 heavy (non-hydrogen) atoms. The van der Waals surface area contributed by atoms with Crippen molar-refractivity contribution in [2.24, 2.45) is 5.92 Å². The number of hydrogen-bond acceptors (Lipinski definition) is 3. The molecule has 0 radical (unpaired) electrons. The number of Topliss-reactive ketones (excluding diaryl/α,β-unsaturated/α-hetero) is 1. The average molecular weight is 234 g/mol. The monoisotopic (exact) mass is 234 g/mol. The summed E-state index contributed by atoms with van der Waals surface area (Å²) < 4.78 is 10.5. The van der Waals surface area contributed by atoms with Crippen LogP contribution in [0, 0.1) is 12.8 Å². The fourth-order valence-electron chi connectivity index (χ4n) is 2.21. The molecule has 1 heterocycles. The van der Waals surface area contributed by atoms with Gasteiger partial charge in [-0.2, -0.15) is 0 Å². The molecule has 0 aromatic heterocycles. The van der Waals surface area contributed by atoms with E-state index in [-0.39, 0.29) is 11.7 Å². The van der Waals surface area contributed by atoms with Crippen molar-refractivity contribution < 1.29 is 14.3 Å². The van der Waals surface area contributed by atoms with Crippen LogP contribution in [0.25, 0.3) is 0 Å². The molecule has 1 atom stereocenters. The quantitative estimate of drug-likeness (QED) is 0.754. The minimum atomic E-state index is 0.0246. The van der Waals surface area contributed by atoms with E-state index >= 15 is 0 Å². The van der Waals surface area contributed by atoms with Gasteiger partial charge in [-0.3, -0.25) is 4.79 Å². The molecule has 1 aromatic carbocycles. The van der Waals surface area contributed by atoms with Crippen LogP contribution >= 0.6 is 0 Å². The summed E-state index contributed by atoms with van der Waals surface area (Å²) >= 11 is 0. The summed E-state index contributed by atoms with van der Waals surface area (Å²) in [6, 6.07) is 5.59. The lowest BCUT2D eigenvalue weighted by Crippen LogP contribution is -2.25. The van der Waals surface area contributed by atoms with Gasteiger partial charge in [0.1, 0.15) is 5.75 Å². The Morgan fingerprint density at radius 3 is 2.88 bits per heavy atom. The van der Waals surface area contributed by atoms with Crippen molar-refractivity contribution in [3.63, 3.8) is 0 Å². The maximum absolute atomic E-state index is 12.2. The first kappa shape index (κ1) is 12.1. The fraction of sp³-hybridized carbons (Fsp3) is 0.500. The molecule has 1 aliphatic rings. The summed E-state index contributed by atoms with van der Waals surface area (Å²) in [5.41, 5.74) is 1.76. The van der Waals surface area contributed by atoms with Gasteiger partial charge in [-0.25, -0.2) is 0 Å². The van der Waals surface area contributed by atoms with Gasteiger partial charge in [-0.1, -0.05) is 0 Å². The van der Waals surface area contributed by atoms with Crippen LogP contribution in [0.3, 0.4) is 0 Å². The van der Waals surface area contributed by atoms with Gasteiger partial charge in [0, 0.05) is 18.1 Å². The Labute approximate surface area is 102 Å². The number of carbonyl (C=O) groups excluding carboxylic acids is 1. The number of ketones is 1. The molecule has 1 saturated heterocycles. The second kappa shape index (κ2) is 5.32. The Hall–Kier alpha value is -1.35. The molecule has 0 N–H and O–H groups in total. The van der Waals surface area contributed by atoms with E-state index < -0.39 is 0 Å². The largest absolute Gasteiger partial charge is 0.496 e. The molecular weight excluding hydrogens is 216 g/mol. The summed E-state index contributed by atoms with van der Waals surface area (Å²) in [7, 11) is 1.64. The van der Waals surface area contributed by atoms with Gasteiger partial charge in [0.15, 0.2) is 5.78 Å². The van der Waals surface area contributed by atoms with Crippen molar-refractivity contribution >= 4 is 5.78 Å². The van der Waals surface area contributed by atoms with Crippen LogP contribution in [-0.2, 0) is 4.74 Å². The normalized spacial score (nSPS) is 20.0. The molecule has 92 valence electrons. The predicted octanol–water partition coefficient (Wildman–Crippen LogP) is 2.61. The molecule has 0 saturated carbocycles. The summed E-state index contributed by atoms with van der Waals surface area (Å²) in [5.74, 6) is 1.04. The Balaban J connectivity index is 2.16. The van der Waals surface area contributed by atoms with Crippen LogP contribution in [0.5, 0.6) is 5.75 Å². The van der Waals surface area contributed by atoms with Crippen molar-refractivity contribution in [2.45, 2.75) is 19.8 Å². The first-order valence-electron chi connectivity index (χ1n) is 5.99. The summed E-state index contributed by atoms with van der Waals surface area (Å²) in [4.78, 5) is 12.2. The third kappa shape index (κ3) is 2.67. The number of aryl methyl sites for hydroxylation is 1. The highest BCUT2D eigenvalue weighted by Crippen LogP contribution is 2.23. The van der Waals surface area contributed by atoms with Crippen LogP contribution in [0.4, 0.5) is 0 Å². The van der Waals surface area contributed by atoms with Crippen molar-refractivity contribution in [3.8, 4) is 5.75 Å². The van der Waals surface area contributed by atoms with Crippen molar-refractivity contribution in [3.05, 3.63) is 29.3 Å². The van der Waals surface area contributed by atoms with Crippen LogP contribution in [0.2, 0.25) is 0 Å². The second-order valence-corrected chi connectivity index (χ2v) is 4.46. The molecule has 0 spiro atoms. The zero-order chi connectivity index (χ0) is 12.3. The van der Waals surface area contributed by atoms with Crippen LogP contribution in [0.15, 0.2) is 18.2 Å². The molecular formula is C14H18O3. The molecule has 3 heteroatoms. The van der Waals surface area contributed by atoms with Gasteiger partial charge in [-0.05, 0) is 43.5 Å². The van der Waals surface area contributed by atoms with Crippen LogP contribution < -0.4 is 4.74 Å². The summed E-state index contributed by atoms with van der Waals surface area (Å²) in [6.45, 7) is 3.29. The van der Waals surface area contributed by atoms with E-state index in [0.29, 0.717) is 6.61 Å². The maximum Gasteiger partial charge on any atom is 0.168 e. The summed E-state index contributed by atoms with van der Waals surface area (Å²) in [5, 5.41) is 0. The minimum Gasteiger partial charge on any atom is -0.496 e. The molecule has 2 rings (SSSR count). The van der Waals surface area contributed by atoms with Crippen molar-refractivity contribution in [2.75, 3.05) is 20.3 Å². The predicted molar refractivity (Wildman–Crippen MR) is 65.6 cm³/mol. The Bertz CT molecular complexity index is 406. The molecule has 1 fully saturated rings. The number of benzene rings is 1. The maximum atomic E-state index is 12.2. The number of ether oxygens (including phenoxy) is 2. The van der Waals surface area contributed by atoms with Gasteiger partial charge in [0.25, 0.3) is 0 Å². The zero-order valence-electron chi connectivity index (χ0n) is 10.4. The third-order valence-electron chi connectivity index (χ3n) is 3.21. The van der Waals surface area contributed by atoms with E-state index in [2.05, 4.69) is 0 Å². The third-order valence-corrected chi connectivity index (χ3v) is 3.21. The minimum absolute atomic E-state index is 0.0246. The standard InChI is InChI=1S/C14H18O3/c1-10-8-11(5-6-13(10)16-2)14(15)12-4-3-7-17-9-12/h5-6,8,12H,3-4,7,9H2,1-2H3. The van der Waals surface area contributed by atoms with E-state index in [1.807, 2.05) is 25.1 Å². The Kier molecular flexibility index (Phi) is 3.79. The lowest BCUT2D eigenvalue weighted by atomic mass is 9.92. The SMILES string of the molecule is COc1ccc(C(=O)C2CCCOC2)cc1C. The number of rotatable bonds is 3. The lowest BCUT2D eigenvalue weighted by Gasteiger charge is -2.21. The average Bonchev–Trinajstić information content (AvgIpc) is 2.39. The first-order valence-corrected chi connectivity index (χ1v) is 5.99. The van der Waals surface area contributed by atoms with Gasteiger partial charge in [0.2, 0.25) is 0 Å². The van der Waals surface area contributed by atoms with Crippen LogP contribution in [0.1, 0.15) is 28.8 Å². The molecule has 0 amide bonds. The van der Waals surface area contributed by atoms with Crippen LogP contribution in [-0.4, -0.2) is 26.1 Å². The topological polar surface area (TPSA) is 35.5 Å². The van der Waals surface area contributed by atoms with E-state index in [4.69, 9.17) is 9.47 Å². The van der Waals surface area contributed by atoms with Crippen molar-refractivity contribution in [1.82, 2.24) is 0 Å². The van der Waals surface area contributed by atoms with E-state index in [1.54, 1.807) is 7.11 Å². The number of methoxy groups -OCH3 is 1. The van der Waals surface area contributed by atoms with E-state index in [1.165, 1.54) is 0 Å². The number of carbonyl (C=O) groups is 1. The second-order valence-electron chi connectivity index (χ2n) is 4.46. The first-order chi connectivity index (χ1) is 8.22. The molecule has 3 nitrogen and oxygen atoms in total. The molecule has 0 bridgehead atoms. The van der Waals surface area contributed by atoms with Gasteiger partial charge in [0.05, 0.1) is 13.7 Å². The van der Waals surface area contributed by atoms with E-state index in [9.17, 15) is 4.79 Å². The van der Waals surface area contributed by atoms with E-state index in [0.717, 1.165) is 36.3 Å². The van der Waals surface area contributed by atoms with Gasteiger partial charge in [-0.15, -0.1) is 0 Å². The highest BCUT2D eigenvalue weighted by atomic mass is 16.5. The van der Waals surface area contributed by atoms with Gasteiger partial charge >= 0.3 is 0 Å². The highest BCUT2D eigenvalue weighted by Gasteiger charge is 2.23. The molecule has 1 aliphatic heterocycles. The van der Waals surface area contributed by atoms with Crippen molar-refractivity contribution in [1.29, 1.82) is 0 Å². The summed E-state index contributed by atoms with van der Waals surface area (Å²) in [6.07, 6.45) is 1.91. The Morgan fingerprint density at radius 1 is 1.47 bits per heavy atom. The molecule has 1 unspecified atom stereocenters. The number of hydrogen-bond donors (Lipinski definition) is 0. The fourth-order valence-corrected chi connectivity index (χ4v) is 2.21. The highest BCUT2D eigenvalue weighted by molar-refractivity contribution is 5.98. The molecule has 1 aromatic rings. The Morgan fingerprint density at radius 2 is 2.29 bits per heavy atom. The smallest absolute Gasteiger partial charge is 0.168 e. The zero-order valence-corrected chi connectivity index (χ0v) is 10.4. The van der Waals surface area contributed by atoms with Gasteiger partial charge < -0.3 is 9.47 Å².